The number of hydrogen-bond donors (Lipinski definition) is 1. The van der Waals surface area contributed by atoms with E-state index in [2.05, 4.69) is 5.16 Å². The fraction of sp³-hybridized carbons (Fsp3) is 0.222. The van der Waals surface area contributed by atoms with Crippen LogP contribution in [-0.4, -0.2) is 11.8 Å². The second-order valence-corrected chi connectivity index (χ2v) is 5.13. The standard InChI is InChI=1S/C18H20N2O2/c1-3-16(14-9-5-4-6-10-14)18(21)22-20-17(19)15-11-7-8-13(2)12-15/h4-12,16H,3H2,1-2H3,(H2,19,20)/t16-/m1/s1. The van der Waals surface area contributed by atoms with Crippen molar-refractivity contribution in [3.63, 3.8) is 0 Å². The van der Waals surface area contributed by atoms with Gasteiger partial charge in [0.1, 0.15) is 0 Å². The molecule has 0 unspecified atom stereocenters. The van der Waals surface area contributed by atoms with Crippen LogP contribution in [-0.2, 0) is 9.63 Å². The first-order valence-corrected chi connectivity index (χ1v) is 7.28. The molecule has 22 heavy (non-hydrogen) atoms. The van der Waals surface area contributed by atoms with Gasteiger partial charge in [0.15, 0.2) is 5.84 Å². The molecule has 1 atom stereocenters. The van der Waals surface area contributed by atoms with Crippen molar-refractivity contribution < 1.29 is 9.63 Å². The molecule has 0 fully saturated rings. The highest BCUT2D eigenvalue weighted by molar-refractivity contribution is 5.97. The first-order chi connectivity index (χ1) is 10.6. The zero-order valence-corrected chi connectivity index (χ0v) is 12.8. The van der Waals surface area contributed by atoms with Crippen molar-refractivity contribution in [2.75, 3.05) is 0 Å². The summed E-state index contributed by atoms with van der Waals surface area (Å²) in [5, 5.41) is 3.77. The number of carbonyl (C=O) groups excluding carboxylic acids is 1. The molecule has 2 rings (SSSR count). The zero-order chi connectivity index (χ0) is 15.9. The summed E-state index contributed by atoms with van der Waals surface area (Å²) in [6.07, 6.45) is 0.642. The maximum Gasteiger partial charge on any atom is 0.342 e. The van der Waals surface area contributed by atoms with Gasteiger partial charge < -0.3 is 10.6 Å². The van der Waals surface area contributed by atoms with Crippen molar-refractivity contribution >= 4 is 11.8 Å². The van der Waals surface area contributed by atoms with E-state index in [-0.39, 0.29) is 11.8 Å². The second kappa shape index (κ2) is 7.41. The molecule has 4 heteroatoms. The van der Waals surface area contributed by atoms with Crippen LogP contribution in [0.1, 0.15) is 36.0 Å². The van der Waals surface area contributed by atoms with E-state index >= 15 is 0 Å². The zero-order valence-electron chi connectivity index (χ0n) is 12.8. The van der Waals surface area contributed by atoms with Gasteiger partial charge in [-0.3, -0.25) is 0 Å². The summed E-state index contributed by atoms with van der Waals surface area (Å²) in [7, 11) is 0. The normalized spacial score (nSPS) is 12.7. The molecular formula is C18H20N2O2. The first kappa shape index (κ1) is 15.8. The number of oxime groups is 1. The molecule has 0 bridgehead atoms. The Kier molecular flexibility index (Phi) is 5.31. The largest absolute Gasteiger partial charge is 0.380 e. The molecule has 0 saturated heterocycles. The quantitative estimate of drug-likeness (QED) is 0.398. The summed E-state index contributed by atoms with van der Waals surface area (Å²) in [5.74, 6) is -0.542. The third-order valence-electron chi connectivity index (χ3n) is 3.44. The molecule has 0 aromatic heterocycles. The summed E-state index contributed by atoms with van der Waals surface area (Å²) in [5.41, 5.74) is 8.59. The van der Waals surface area contributed by atoms with Crippen LogP contribution < -0.4 is 5.73 Å². The van der Waals surface area contributed by atoms with Gasteiger partial charge in [-0.1, -0.05) is 66.2 Å². The molecule has 0 heterocycles. The number of amidine groups is 1. The van der Waals surface area contributed by atoms with Crippen molar-refractivity contribution in [1.29, 1.82) is 0 Å². The summed E-state index contributed by atoms with van der Waals surface area (Å²) in [6, 6.07) is 17.1. The third-order valence-corrected chi connectivity index (χ3v) is 3.44. The molecule has 2 aromatic carbocycles. The van der Waals surface area contributed by atoms with Gasteiger partial charge >= 0.3 is 5.97 Å². The van der Waals surface area contributed by atoms with Crippen LogP contribution in [0.2, 0.25) is 0 Å². The van der Waals surface area contributed by atoms with E-state index in [0.717, 1.165) is 16.7 Å². The van der Waals surface area contributed by atoms with Gasteiger partial charge in [0.05, 0.1) is 5.92 Å². The van der Waals surface area contributed by atoms with Gasteiger partial charge in [-0.25, -0.2) is 4.79 Å². The predicted octanol–water partition coefficient (Wildman–Crippen LogP) is 3.35. The van der Waals surface area contributed by atoms with Gasteiger partial charge in [-0.05, 0) is 25.0 Å². The lowest BCUT2D eigenvalue weighted by Gasteiger charge is -2.11. The lowest BCUT2D eigenvalue weighted by atomic mass is 9.97. The minimum absolute atomic E-state index is 0.194. The lowest BCUT2D eigenvalue weighted by Crippen LogP contribution is -2.18. The van der Waals surface area contributed by atoms with E-state index in [4.69, 9.17) is 10.6 Å². The molecule has 0 saturated carbocycles. The highest BCUT2D eigenvalue weighted by Gasteiger charge is 2.20. The van der Waals surface area contributed by atoms with Crippen molar-refractivity contribution in [3.05, 3.63) is 71.3 Å². The highest BCUT2D eigenvalue weighted by Crippen LogP contribution is 2.20. The van der Waals surface area contributed by atoms with E-state index in [9.17, 15) is 4.79 Å². The van der Waals surface area contributed by atoms with Crippen LogP contribution in [0.25, 0.3) is 0 Å². The average molecular weight is 296 g/mol. The molecule has 0 spiro atoms. The number of benzene rings is 2. The summed E-state index contributed by atoms with van der Waals surface area (Å²) in [6.45, 7) is 3.90. The predicted molar refractivity (Wildman–Crippen MR) is 87.5 cm³/mol. The van der Waals surface area contributed by atoms with Crippen LogP contribution in [0.15, 0.2) is 59.8 Å². The molecule has 4 nitrogen and oxygen atoms in total. The number of aryl methyl sites for hydroxylation is 1. The SMILES string of the molecule is CC[C@@H](C(=O)ON=C(N)c1cccc(C)c1)c1ccccc1. The average Bonchev–Trinajstić information content (AvgIpc) is 2.54. The van der Waals surface area contributed by atoms with E-state index in [1.807, 2.05) is 68.4 Å². The fourth-order valence-corrected chi connectivity index (χ4v) is 2.24. The first-order valence-electron chi connectivity index (χ1n) is 7.28. The lowest BCUT2D eigenvalue weighted by molar-refractivity contribution is -0.145. The molecule has 2 N–H and O–H groups in total. The Balaban J connectivity index is 2.09. The van der Waals surface area contributed by atoms with Gasteiger partial charge in [0, 0.05) is 5.56 Å². The summed E-state index contributed by atoms with van der Waals surface area (Å²) >= 11 is 0. The van der Waals surface area contributed by atoms with Crippen molar-refractivity contribution in [3.8, 4) is 0 Å². The van der Waals surface area contributed by atoms with Gasteiger partial charge in [-0.2, -0.15) is 0 Å². The van der Waals surface area contributed by atoms with Crippen molar-refractivity contribution in [2.24, 2.45) is 10.9 Å². The molecule has 114 valence electrons. The Labute approximate surface area is 130 Å². The number of nitrogens with two attached hydrogens (primary N) is 1. The Morgan fingerprint density at radius 2 is 1.91 bits per heavy atom. The fourth-order valence-electron chi connectivity index (χ4n) is 2.24. The number of carbonyl (C=O) groups is 1. The monoisotopic (exact) mass is 296 g/mol. The molecule has 2 aromatic rings. The summed E-state index contributed by atoms with van der Waals surface area (Å²) in [4.78, 5) is 17.2. The molecule has 0 radical (unpaired) electrons. The minimum atomic E-state index is -0.399. The highest BCUT2D eigenvalue weighted by atomic mass is 16.7. The van der Waals surface area contributed by atoms with E-state index < -0.39 is 5.97 Å². The molecular weight excluding hydrogens is 276 g/mol. The maximum absolute atomic E-state index is 12.2. The third kappa shape index (κ3) is 3.95. The Hall–Kier alpha value is -2.62. The number of hydrogen-bond acceptors (Lipinski definition) is 3. The molecule has 0 aliphatic heterocycles. The van der Waals surface area contributed by atoms with Crippen LogP contribution in [0.5, 0.6) is 0 Å². The van der Waals surface area contributed by atoms with Crippen LogP contribution in [0.4, 0.5) is 0 Å². The molecule has 0 amide bonds. The van der Waals surface area contributed by atoms with Gasteiger partial charge in [-0.15, -0.1) is 0 Å². The van der Waals surface area contributed by atoms with E-state index in [0.29, 0.717) is 6.42 Å². The number of rotatable bonds is 5. The Bertz CT molecular complexity index is 666. The van der Waals surface area contributed by atoms with Crippen LogP contribution in [0.3, 0.4) is 0 Å². The van der Waals surface area contributed by atoms with Crippen LogP contribution >= 0.6 is 0 Å². The van der Waals surface area contributed by atoms with Crippen molar-refractivity contribution in [2.45, 2.75) is 26.2 Å². The topological polar surface area (TPSA) is 64.7 Å². The van der Waals surface area contributed by atoms with Crippen molar-refractivity contribution in [1.82, 2.24) is 0 Å². The minimum Gasteiger partial charge on any atom is -0.380 e. The maximum atomic E-state index is 12.2. The smallest absolute Gasteiger partial charge is 0.342 e. The summed E-state index contributed by atoms with van der Waals surface area (Å²) < 4.78 is 0. The van der Waals surface area contributed by atoms with Gasteiger partial charge in [0.25, 0.3) is 0 Å². The number of nitrogens with zero attached hydrogens (tertiary/aromatic N) is 1. The van der Waals surface area contributed by atoms with Gasteiger partial charge in [0.2, 0.25) is 0 Å². The molecule has 0 aliphatic carbocycles. The Morgan fingerprint density at radius 3 is 2.55 bits per heavy atom. The Morgan fingerprint density at radius 1 is 1.18 bits per heavy atom. The van der Waals surface area contributed by atoms with Crippen LogP contribution in [0, 0.1) is 6.92 Å². The van der Waals surface area contributed by atoms with E-state index in [1.165, 1.54) is 0 Å². The van der Waals surface area contributed by atoms with E-state index in [1.54, 1.807) is 0 Å². The molecule has 0 aliphatic rings. The second-order valence-electron chi connectivity index (χ2n) is 5.13.